The van der Waals surface area contributed by atoms with E-state index in [0.29, 0.717) is 0 Å². The first-order valence-corrected chi connectivity index (χ1v) is 6.12. The van der Waals surface area contributed by atoms with E-state index >= 15 is 0 Å². The van der Waals surface area contributed by atoms with E-state index in [2.05, 4.69) is 4.74 Å². The van der Waals surface area contributed by atoms with Gasteiger partial charge in [0.25, 0.3) is 12.3 Å². The molecule has 0 saturated carbocycles. The number of hydrogen-bond acceptors (Lipinski definition) is 1. The smallest absolute Gasteiger partial charge is 0.373 e. The fraction of sp³-hybridized carbons (Fsp3) is 0.667. The van der Waals surface area contributed by atoms with Crippen molar-refractivity contribution in [3.05, 3.63) is 24.3 Å². The van der Waals surface area contributed by atoms with Crippen molar-refractivity contribution < 1.29 is 57.4 Å². The molecule has 1 nitrogen and oxygen atoms in total. The van der Waals surface area contributed by atoms with E-state index in [0.717, 1.165) is 0 Å². The SMILES string of the molecule is FC(C(F)(F)F)C(F)(F)/C=C/COC/C=C/C(F)(F)C(F)C(F)(F)F. The van der Waals surface area contributed by atoms with Crippen LogP contribution in [0.5, 0.6) is 0 Å². The van der Waals surface area contributed by atoms with Gasteiger partial charge in [-0.3, -0.25) is 0 Å². The summed E-state index contributed by atoms with van der Waals surface area (Å²) >= 11 is 0. The van der Waals surface area contributed by atoms with Gasteiger partial charge < -0.3 is 4.74 Å². The molecule has 0 bridgehead atoms. The highest BCUT2D eigenvalue weighted by molar-refractivity contribution is 5.03. The van der Waals surface area contributed by atoms with Crippen LogP contribution in [-0.4, -0.2) is 49.8 Å². The fourth-order valence-corrected chi connectivity index (χ4v) is 1.22. The van der Waals surface area contributed by atoms with E-state index in [4.69, 9.17) is 0 Å². The first-order chi connectivity index (χ1) is 11.0. The van der Waals surface area contributed by atoms with Crippen LogP contribution in [0.2, 0.25) is 0 Å². The predicted octanol–water partition coefficient (Wildman–Crippen LogP) is 5.19. The lowest BCUT2D eigenvalue weighted by Crippen LogP contribution is -2.40. The molecule has 2 atom stereocenters. The minimum Gasteiger partial charge on any atom is -0.373 e. The minimum absolute atomic E-state index is 0.248. The van der Waals surface area contributed by atoms with E-state index in [9.17, 15) is 52.7 Å². The molecule has 0 saturated heterocycles. The van der Waals surface area contributed by atoms with Gasteiger partial charge in [-0.15, -0.1) is 0 Å². The summed E-state index contributed by atoms with van der Waals surface area (Å²) < 4.78 is 151. The summed E-state index contributed by atoms with van der Waals surface area (Å²) in [5.41, 5.74) is 0. The molecular formula is C12H10F12O. The summed E-state index contributed by atoms with van der Waals surface area (Å²) in [6, 6.07) is 0. The molecule has 2 unspecified atom stereocenters. The zero-order chi connectivity index (χ0) is 20.1. The number of halogens is 12. The molecule has 0 aliphatic carbocycles. The average molecular weight is 398 g/mol. The van der Waals surface area contributed by atoms with Crippen molar-refractivity contribution in [3.63, 3.8) is 0 Å². The highest BCUT2D eigenvalue weighted by atomic mass is 19.4. The lowest BCUT2D eigenvalue weighted by atomic mass is 10.2. The molecule has 0 amide bonds. The highest BCUT2D eigenvalue weighted by Gasteiger charge is 2.56. The number of rotatable bonds is 8. The molecule has 13 heteroatoms. The summed E-state index contributed by atoms with van der Waals surface area (Å²) in [6.07, 6.45) is -21.0. The van der Waals surface area contributed by atoms with E-state index in [1.165, 1.54) is 0 Å². The van der Waals surface area contributed by atoms with Crippen LogP contribution in [0.3, 0.4) is 0 Å². The van der Waals surface area contributed by atoms with Gasteiger partial charge >= 0.3 is 24.2 Å². The Balaban J connectivity index is 4.43. The normalized spacial score (nSPS) is 17.4. The molecule has 0 fully saturated rings. The first kappa shape index (κ1) is 23.6. The largest absolute Gasteiger partial charge is 0.426 e. The molecule has 25 heavy (non-hydrogen) atoms. The third-order valence-electron chi connectivity index (χ3n) is 2.36. The molecule has 0 aliphatic heterocycles. The van der Waals surface area contributed by atoms with Gasteiger partial charge in [-0.25, -0.2) is 8.78 Å². The van der Waals surface area contributed by atoms with E-state index in [1.54, 1.807) is 0 Å². The van der Waals surface area contributed by atoms with Crippen LogP contribution in [0.25, 0.3) is 0 Å². The van der Waals surface area contributed by atoms with Crippen molar-refractivity contribution in [2.75, 3.05) is 13.2 Å². The van der Waals surface area contributed by atoms with Gasteiger partial charge in [0, 0.05) is 0 Å². The maximum absolute atomic E-state index is 12.7. The van der Waals surface area contributed by atoms with Crippen LogP contribution in [0.1, 0.15) is 0 Å². The van der Waals surface area contributed by atoms with Crippen LogP contribution in [0.4, 0.5) is 52.7 Å². The molecule has 0 N–H and O–H groups in total. The predicted molar refractivity (Wildman–Crippen MR) is 60.9 cm³/mol. The molecule has 148 valence electrons. The van der Waals surface area contributed by atoms with Crippen LogP contribution in [-0.2, 0) is 4.74 Å². The maximum atomic E-state index is 12.7. The molecule has 0 radical (unpaired) electrons. The first-order valence-electron chi connectivity index (χ1n) is 6.12. The maximum Gasteiger partial charge on any atom is 0.426 e. The number of alkyl halides is 12. The minimum atomic E-state index is -5.82. The summed E-state index contributed by atoms with van der Waals surface area (Å²) in [6.45, 7) is -1.79. The summed E-state index contributed by atoms with van der Waals surface area (Å²) in [5, 5.41) is 0. The quantitative estimate of drug-likeness (QED) is 0.311. The van der Waals surface area contributed by atoms with Gasteiger partial charge in [0.1, 0.15) is 0 Å². The van der Waals surface area contributed by atoms with E-state index in [1.807, 2.05) is 0 Å². The zero-order valence-corrected chi connectivity index (χ0v) is 11.8. The van der Waals surface area contributed by atoms with Gasteiger partial charge in [0.15, 0.2) is 0 Å². The van der Waals surface area contributed by atoms with Crippen molar-refractivity contribution in [3.8, 4) is 0 Å². The van der Waals surface area contributed by atoms with Crippen LogP contribution in [0.15, 0.2) is 24.3 Å². The Kier molecular flexibility index (Phi) is 7.85. The topological polar surface area (TPSA) is 9.23 Å². The fourth-order valence-electron chi connectivity index (χ4n) is 1.22. The summed E-state index contributed by atoms with van der Waals surface area (Å²) in [5.74, 6) is -9.81. The average Bonchev–Trinajstić information content (AvgIpc) is 2.42. The second kappa shape index (κ2) is 8.32. The van der Waals surface area contributed by atoms with Crippen molar-refractivity contribution >= 4 is 0 Å². The van der Waals surface area contributed by atoms with Crippen LogP contribution >= 0.6 is 0 Å². The summed E-state index contributed by atoms with van der Waals surface area (Å²) in [4.78, 5) is 0. The Labute approximate surface area is 132 Å². The monoisotopic (exact) mass is 398 g/mol. The van der Waals surface area contributed by atoms with Gasteiger partial charge in [-0.1, -0.05) is 12.2 Å². The van der Waals surface area contributed by atoms with E-state index < -0.39 is 61.9 Å². The van der Waals surface area contributed by atoms with Crippen LogP contribution < -0.4 is 0 Å². The Bertz CT molecular complexity index is 420. The molecular weight excluding hydrogens is 388 g/mol. The lowest BCUT2D eigenvalue weighted by Gasteiger charge is -2.19. The second-order valence-electron chi connectivity index (χ2n) is 4.50. The van der Waals surface area contributed by atoms with Gasteiger partial charge in [0.05, 0.1) is 13.2 Å². The highest BCUT2D eigenvalue weighted by Crippen LogP contribution is 2.36. The Hall–Kier alpha value is -1.40. The molecule has 0 aromatic rings. The van der Waals surface area contributed by atoms with Crippen molar-refractivity contribution in [2.24, 2.45) is 0 Å². The number of allylic oxidation sites excluding steroid dienone is 2. The summed E-state index contributed by atoms with van der Waals surface area (Å²) in [7, 11) is 0. The van der Waals surface area contributed by atoms with Gasteiger partial charge in [0.2, 0.25) is 0 Å². The third kappa shape index (κ3) is 8.01. The molecule has 0 rings (SSSR count). The number of ether oxygens (including phenoxy) is 1. The third-order valence-corrected chi connectivity index (χ3v) is 2.36. The Morgan fingerprint density at radius 2 is 0.880 bits per heavy atom. The molecule has 0 heterocycles. The van der Waals surface area contributed by atoms with Crippen molar-refractivity contribution in [1.29, 1.82) is 0 Å². The molecule has 0 aliphatic rings. The van der Waals surface area contributed by atoms with Crippen molar-refractivity contribution in [1.82, 2.24) is 0 Å². The van der Waals surface area contributed by atoms with E-state index in [-0.39, 0.29) is 12.2 Å². The number of hydrogen-bond donors (Lipinski definition) is 0. The molecule has 0 aromatic carbocycles. The zero-order valence-electron chi connectivity index (χ0n) is 11.8. The second-order valence-corrected chi connectivity index (χ2v) is 4.50. The molecule has 0 aromatic heterocycles. The Morgan fingerprint density at radius 3 is 1.12 bits per heavy atom. The van der Waals surface area contributed by atoms with Gasteiger partial charge in [-0.05, 0) is 12.2 Å². The van der Waals surface area contributed by atoms with Gasteiger partial charge in [-0.2, -0.15) is 43.9 Å². The molecule has 0 spiro atoms. The van der Waals surface area contributed by atoms with Crippen molar-refractivity contribution in [2.45, 2.75) is 36.5 Å². The Morgan fingerprint density at radius 1 is 0.600 bits per heavy atom. The van der Waals surface area contributed by atoms with Crippen LogP contribution in [0, 0.1) is 0 Å². The lowest BCUT2D eigenvalue weighted by molar-refractivity contribution is -0.231. The standard InChI is InChI=1S/C12H10F12O/c13-7(11(19,20)21)9(15,16)3-1-5-25-6-2-4-10(17,18)8(14)12(22,23)24/h1-4,7-8H,5-6H2/b3-1+,4-2+.